The third-order valence-corrected chi connectivity index (χ3v) is 4.30. The molecule has 0 saturated carbocycles. The average Bonchev–Trinajstić information content (AvgIpc) is 2.61. The molecule has 0 N–H and O–H groups in total. The van der Waals surface area contributed by atoms with Gasteiger partial charge in [-0.25, -0.2) is 0 Å². The molecule has 0 radical (unpaired) electrons. The summed E-state index contributed by atoms with van der Waals surface area (Å²) in [4.78, 5) is 16.0. The number of hydrogen-bond acceptors (Lipinski definition) is 3. The minimum absolute atomic E-state index is 0. The van der Waals surface area contributed by atoms with E-state index in [0.29, 0.717) is 16.8 Å². The summed E-state index contributed by atoms with van der Waals surface area (Å²) >= 11 is 3.45. The van der Waals surface area contributed by atoms with Crippen molar-refractivity contribution >= 4 is 33.1 Å². The Morgan fingerprint density at radius 3 is 2.40 bits per heavy atom. The molecule has 0 aliphatic carbocycles. The number of nitrogens with zero attached hydrogens (tertiary/aromatic N) is 1. The Morgan fingerprint density at radius 2 is 1.80 bits per heavy atom. The number of carbonyl (C=O) groups excluding carboxylic acids is 1. The summed E-state index contributed by atoms with van der Waals surface area (Å²) in [5, 5.41) is 1.76. The van der Waals surface area contributed by atoms with Gasteiger partial charge in [0.1, 0.15) is 0 Å². The van der Waals surface area contributed by atoms with Crippen LogP contribution >= 0.6 is 15.9 Å². The first-order chi connectivity index (χ1) is 11.2. The van der Waals surface area contributed by atoms with Gasteiger partial charge in [0.15, 0.2) is 6.29 Å². The number of aromatic nitrogens is 1. The molecule has 0 atom stereocenters. The van der Waals surface area contributed by atoms with Gasteiger partial charge in [-0.05, 0) is 34.2 Å². The normalized spacial score (nSPS) is 9.84. The van der Waals surface area contributed by atoms with Crippen molar-refractivity contribution in [3.8, 4) is 11.1 Å². The summed E-state index contributed by atoms with van der Waals surface area (Å²) in [6.45, 7) is 1.56. The number of ether oxygens (including phenoxy) is 1. The van der Waals surface area contributed by atoms with Crippen LogP contribution in [0.2, 0.25) is 0 Å². The molecule has 0 spiro atoms. The zero-order valence-corrected chi connectivity index (χ0v) is 26.0. The van der Waals surface area contributed by atoms with Crippen molar-refractivity contribution in [2.75, 3.05) is 7.11 Å². The molecule has 0 aliphatic rings. The van der Waals surface area contributed by atoms with Crippen LogP contribution in [0.1, 0.15) is 21.6 Å². The maximum Gasteiger partial charge on any atom is 1.00 e. The Balaban J connectivity index is 0.00000156. The molecule has 0 saturated heterocycles. The second-order valence-electron chi connectivity index (χ2n) is 5.18. The topological polar surface area (TPSA) is 39.2 Å². The van der Waals surface area contributed by atoms with E-state index in [-0.39, 0.29) is 116 Å². The van der Waals surface area contributed by atoms with Crippen LogP contribution in [0.25, 0.3) is 22.0 Å². The van der Waals surface area contributed by atoms with Gasteiger partial charge in [0, 0.05) is 18.0 Å². The number of alkyl halides is 1. The van der Waals surface area contributed by atoms with Crippen LogP contribution in [0.5, 0.6) is 0 Å². The molecule has 25 heavy (non-hydrogen) atoms. The largest absolute Gasteiger partial charge is 1.00 e. The van der Waals surface area contributed by atoms with E-state index in [9.17, 15) is 4.79 Å². The van der Waals surface area contributed by atoms with E-state index in [4.69, 9.17) is 4.74 Å². The third-order valence-electron chi connectivity index (χ3n) is 3.65. The van der Waals surface area contributed by atoms with Crippen molar-refractivity contribution in [3.63, 3.8) is 0 Å². The number of halogens is 1. The average molecular weight is 540 g/mol. The fourth-order valence-electron chi connectivity index (χ4n) is 2.51. The van der Waals surface area contributed by atoms with Gasteiger partial charge in [-0.1, -0.05) is 52.5 Å². The summed E-state index contributed by atoms with van der Waals surface area (Å²) in [6.07, 6.45) is 0.849. The summed E-state index contributed by atoms with van der Waals surface area (Å²) in [5.41, 5.74) is 5.25. The van der Waals surface area contributed by atoms with Gasteiger partial charge in [0.2, 0.25) is 0 Å². The molecule has 3 aromatic rings. The van der Waals surface area contributed by atoms with Crippen molar-refractivity contribution in [2.45, 2.75) is 5.33 Å². The zero-order chi connectivity index (χ0) is 16.2. The van der Waals surface area contributed by atoms with Crippen LogP contribution in [-0.2, 0) is 10.1 Å². The van der Waals surface area contributed by atoms with Crippen molar-refractivity contribution in [1.29, 1.82) is 0 Å². The number of benzene rings is 2. The number of carbonyl (C=O) groups is 1. The Morgan fingerprint density at radius 1 is 1.08 bits per heavy atom. The first-order valence-electron chi connectivity index (χ1n) is 7.16. The van der Waals surface area contributed by atoms with Crippen LogP contribution in [0.15, 0.2) is 48.5 Å². The minimum atomic E-state index is 0. The molecule has 0 bridgehead atoms. The van der Waals surface area contributed by atoms with Crippen LogP contribution < -0.4 is 116 Å². The predicted octanol–water partition coefficient (Wildman–Crippen LogP) is -1.23. The van der Waals surface area contributed by atoms with Crippen molar-refractivity contribution < 1.29 is 126 Å². The Hall–Kier alpha value is 1.44. The summed E-state index contributed by atoms with van der Waals surface area (Å²) in [6, 6.07) is 16.0. The summed E-state index contributed by atoms with van der Waals surface area (Å²) < 4.78 is 4.99. The maximum atomic E-state index is 11.5. The third kappa shape index (κ3) is 6.21. The Labute approximate surface area is 254 Å². The Kier molecular flexibility index (Phi) is 11.8. The molecule has 3 rings (SSSR count). The number of methoxy groups -OCH3 is 1. The SMILES string of the molecule is CO[CH-]c1ccc2cc(-c3ccc(CBr)cc3)cc(C=O)c2n1.[Rb+].[Rb+]. The molecule has 0 fully saturated rings. The number of rotatable bonds is 5. The van der Waals surface area contributed by atoms with Crippen molar-refractivity contribution in [3.05, 3.63) is 72.0 Å². The first-order valence-corrected chi connectivity index (χ1v) is 8.28. The quantitative estimate of drug-likeness (QED) is 0.232. The summed E-state index contributed by atoms with van der Waals surface area (Å²) in [5.74, 6) is 0. The van der Waals surface area contributed by atoms with Crippen LogP contribution in [-0.4, -0.2) is 18.4 Å². The molecular formula is C19H15BrNO2Rb2+. The van der Waals surface area contributed by atoms with Gasteiger partial charge in [-0.3, -0.25) is 9.78 Å². The monoisotopic (exact) mass is 538 g/mol. The number of hydrogen-bond donors (Lipinski definition) is 0. The van der Waals surface area contributed by atoms with E-state index >= 15 is 0 Å². The van der Waals surface area contributed by atoms with Crippen LogP contribution in [0.4, 0.5) is 0 Å². The smallest absolute Gasteiger partial charge is 0.443 e. The van der Waals surface area contributed by atoms with Crippen LogP contribution in [0.3, 0.4) is 0 Å². The maximum absolute atomic E-state index is 11.5. The molecule has 1 aromatic heterocycles. The number of aldehydes is 1. The molecule has 0 aliphatic heterocycles. The molecule has 1 heterocycles. The standard InChI is InChI=1S/C19H15BrNO2.2Rb/c1-23-12-18-7-6-15-8-16(9-17(11-22)19(15)21-18)14-4-2-13(10-20)3-5-14;;/h2-9,11-12H,10H2,1H3;;/q-1;2*+1. The second-order valence-corrected chi connectivity index (χ2v) is 5.74. The van der Waals surface area contributed by atoms with E-state index < -0.39 is 0 Å². The van der Waals surface area contributed by atoms with Gasteiger partial charge in [0.25, 0.3) is 0 Å². The molecule has 116 valence electrons. The fraction of sp³-hybridized carbons (Fsp3) is 0.105. The zero-order valence-electron chi connectivity index (χ0n) is 14.6. The van der Waals surface area contributed by atoms with E-state index in [1.165, 1.54) is 5.56 Å². The van der Waals surface area contributed by atoms with Gasteiger partial charge >= 0.3 is 116 Å². The molecule has 2 aromatic carbocycles. The van der Waals surface area contributed by atoms with E-state index in [1.54, 1.807) is 13.7 Å². The van der Waals surface area contributed by atoms with Gasteiger partial charge in [0.05, 0.1) is 5.52 Å². The molecular weight excluding hydrogens is 525 g/mol. The number of fused-ring (bicyclic) bond motifs is 1. The molecule has 0 unspecified atom stereocenters. The number of pyridine rings is 1. The van der Waals surface area contributed by atoms with E-state index in [0.717, 1.165) is 28.1 Å². The van der Waals surface area contributed by atoms with Crippen molar-refractivity contribution in [1.82, 2.24) is 4.98 Å². The first kappa shape index (κ1) is 24.5. The minimum Gasteiger partial charge on any atom is -0.443 e. The summed E-state index contributed by atoms with van der Waals surface area (Å²) in [7, 11) is 1.58. The molecule has 6 heteroatoms. The molecule has 0 amide bonds. The van der Waals surface area contributed by atoms with Crippen molar-refractivity contribution in [2.24, 2.45) is 0 Å². The second kappa shape index (κ2) is 12.1. The predicted molar refractivity (Wildman–Crippen MR) is 95.6 cm³/mol. The Bertz CT molecular complexity index is 854. The van der Waals surface area contributed by atoms with E-state index in [2.05, 4.69) is 51.2 Å². The van der Waals surface area contributed by atoms with Gasteiger partial charge < -0.3 is 4.74 Å². The van der Waals surface area contributed by atoms with Gasteiger partial charge in [-0.2, -0.15) is 6.07 Å². The van der Waals surface area contributed by atoms with E-state index in [1.807, 2.05) is 18.2 Å². The fourth-order valence-corrected chi connectivity index (χ4v) is 2.88. The van der Waals surface area contributed by atoms with Crippen LogP contribution in [0, 0.1) is 6.61 Å². The van der Waals surface area contributed by atoms with Gasteiger partial charge in [-0.15, -0.1) is 6.07 Å². The molecule has 3 nitrogen and oxygen atoms in total.